The molecule has 0 aromatic carbocycles. The van der Waals surface area contributed by atoms with E-state index >= 15 is 0 Å². The summed E-state index contributed by atoms with van der Waals surface area (Å²) in [5.74, 6) is 0. The predicted octanol–water partition coefficient (Wildman–Crippen LogP) is 2.68. The molecule has 0 aromatic heterocycles. The van der Waals surface area contributed by atoms with Crippen molar-refractivity contribution in [2.75, 3.05) is 0 Å². The van der Waals surface area contributed by atoms with Crippen molar-refractivity contribution in [3.63, 3.8) is 0 Å². The molecule has 0 heterocycles. The van der Waals surface area contributed by atoms with E-state index in [2.05, 4.69) is 18.7 Å². The molecule has 0 heteroatoms. The molecule has 0 amide bonds. The van der Waals surface area contributed by atoms with Gasteiger partial charge in [-0.25, -0.2) is 0 Å². The second kappa shape index (κ2) is 4.42. The molecule has 0 nitrogen and oxygen atoms in total. The van der Waals surface area contributed by atoms with Crippen LogP contribution in [0.4, 0.5) is 0 Å². The van der Waals surface area contributed by atoms with E-state index in [1.807, 2.05) is 26.0 Å². The third-order valence-corrected chi connectivity index (χ3v) is 0.933. The third-order valence-electron chi connectivity index (χ3n) is 0.933. The fourth-order valence-electron chi connectivity index (χ4n) is 0.298. The molecule has 8 heavy (non-hydrogen) atoms. The highest BCUT2D eigenvalue weighted by atomic mass is 13.8. The van der Waals surface area contributed by atoms with Crippen molar-refractivity contribution in [3.05, 3.63) is 29.5 Å². The molecule has 0 spiro atoms. The Morgan fingerprint density at radius 2 is 2.00 bits per heavy atom. The zero-order valence-electron chi connectivity index (χ0n) is 5.73. The van der Waals surface area contributed by atoms with Crippen molar-refractivity contribution in [3.8, 4) is 0 Å². The normalized spacial score (nSPS) is 10.1. The Morgan fingerprint density at radius 3 is 2.38 bits per heavy atom. The van der Waals surface area contributed by atoms with Crippen LogP contribution < -0.4 is 0 Å². The summed E-state index contributed by atoms with van der Waals surface area (Å²) >= 11 is 0. The van der Waals surface area contributed by atoms with Crippen LogP contribution in [0.1, 0.15) is 20.8 Å². The minimum Gasteiger partial charge on any atom is -0.125 e. The van der Waals surface area contributed by atoms with Gasteiger partial charge in [-0.05, 0) is 38.5 Å². The molecule has 0 fully saturated rings. The molecule has 0 bridgehead atoms. The van der Waals surface area contributed by atoms with Crippen LogP contribution in [0.5, 0.6) is 0 Å². The summed E-state index contributed by atoms with van der Waals surface area (Å²) in [6.07, 6.45) is 5.91. The Balaban J connectivity index is 3.90. The largest absolute Gasteiger partial charge is 0.125 e. The van der Waals surface area contributed by atoms with E-state index in [-0.39, 0.29) is 0 Å². The van der Waals surface area contributed by atoms with Crippen LogP contribution in [0.15, 0.2) is 29.5 Å². The second-order valence-corrected chi connectivity index (χ2v) is 1.63. The van der Waals surface area contributed by atoms with Gasteiger partial charge in [0.05, 0.1) is 0 Å². The molecule has 0 saturated carbocycles. The summed E-state index contributed by atoms with van der Waals surface area (Å²) in [6.45, 7) is 6.03. The number of hydrogen-bond acceptors (Lipinski definition) is 0. The van der Waals surface area contributed by atoms with Gasteiger partial charge in [0.15, 0.2) is 0 Å². The van der Waals surface area contributed by atoms with Crippen LogP contribution >= 0.6 is 0 Å². The Kier molecular flexibility index (Phi) is 4.01. The van der Waals surface area contributed by atoms with E-state index in [1.165, 1.54) is 5.57 Å². The van der Waals surface area contributed by atoms with Gasteiger partial charge in [-0.15, -0.1) is 5.73 Å². The quantitative estimate of drug-likeness (QED) is 0.358. The van der Waals surface area contributed by atoms with Crippen molar-refractivity contribution in [1.29, 1.82) is 0 Å². The van der Waals surface area contributed by atoms with Gasteiger partial charge in [-0.3, -0.25) is 0 Å². The van der Waals surface area contributed by atoms with Crippen molar-refractivity contribution in [2.45, 2.75) is 20.8 Å². The number of allylic oxidation sites excluding steroid dienone is 3. The highest BCUT2D eigenvalue weighted by Gasteiger charge is 1.69. The minimum absolute atomic E-state index is 1.25. The van der Waals surface area contributed by atoms with E-state index in [4.69, 9.17) is 0 Å². The molecule has 0 aromatic rings. The molecule has 0 atom stereocenters. The molecule has 0 aliphatic heterocycles. The van der Waals surface area contributed by atoms with Gasteiger partial charge < -0.3 is 0 Å². The average Bonchev–Trinajstić information content (AvgIpc) is 1.83. The fraction of sp³-hybridized carbons (Fsp3) is 0.375. The van der Waals surface area contributed by atoms with Crippen LogP contribution in [-0.4, -0.2) is 0 Å². The third kappa shape index (κ3) is 3.45. The molecular formula is C8H12. The summed E-state index contributed by atoms with van der Waals surface area (Å²) in [5.41, 5.74) is 4.23. The molecule has 0 aliphatic carbocycles. The second-order valence-electron chi connectivity index (χ2n) is 1.63. The Hall–Kier alpha value is -0.740. The monoisotopic (exact) mass is 108 g/mol. The number of rotatable bonds is 1. The Labute approximate surface area is 51.2 Å². The molecule has 0 radical (unpaired) electrons. The van der Waals surface area contributed by atoms with E-state index in [0.29, 0.717) is 0 Å². The minimum atomic E-state index is 1.25. The first-order valence-corrected chi connectivity index (χ1v) is 2.81. The molecular weight excluding hydrogens is 96.1 g/mol. The van der Waals surface area contributed by atoms with E-state index in [0.717, 1.165) is 0 Å². The maximum atomic E-state index is 2.98. The first-order valence-electron chi connectivity index (χ1n) is 2.81. The smallest absolute Gasteiger partial charge is 0.0177 e. The molecule has 0 rings (SSSR count). The fourth-order valence-corrected chi connectivity index (χ4v) is 0.298. The van der Waals surface area contributed by atoms with Crippen molar-refractivity contribution in [1.82, 2.24) is 0 Å². The van der Waals surface area contributed by atoms with Gasteiger partial charge >= 0.3 is 0 Å². The SMILES string of the molecule is CC=C=C/C(C)=C/C. The summed E-state index contributed by atoms with van der Waals surface area (Å²) < 4.78 is 0. The molecule has 0 aliphatic rings. The molecule has 0 unspecified atom stereocenters. The van der Waals surface area contributed by atoms with Crippen LogP contribution in [0, 0.1) is 0 Å². The van der Waals surface area contributed by atoms with Crippen molar-refractivity contribution >= 4 is 0 Å². The zero-order chi connectivity index (χ0) is 6.41. The van der Waals surface area contributed by atoms with Gasteiger partial charge in [0.2, 0.25) is 0 Å². The van der Waals surface area contributed by atoms with Gasteiger partial charge in [0, 0.05) is 0 Å². The van der Waals surface area contributed by atoms with Gasteiger partial charge in [-0.1, -0.05) is 6.08 Å². The van der Waals surface area contributed by atoms with Crippen LogP contribution in [0.25, 0.3) is 0 Å². The molecule has 0 saturated heterocycles. The predicted molar refractivity (Wildman–Crippen MR) is 37.8 cm³/mol. The standard InChI is InChI=1S/C8H12/c1-4-6-7-8(3)5-2/h4-5,7H,1-3H3/b8-5+. The topological polar surface area (TPSA) is 0 Å². The van der Waals surface area contributed by atoms with E-state index in [1.54, 1.807) is 0 Å². The number of hydrogen-bond donors (Lipinski definition) is 0. The van der Waals surface area contributed by atoms with Crippen LogP contribution in [0.2, 0.25) is 0 Å². The first kappa shape index (κ1) is 7.26. The Bertz CT molecular complexity index is 132. The Morgan fingerprint density at radius 1 is 1.38 bits per heavy atom. The summed E-state index contributed by atoms with van der Waals surface area (Å²) in [6, 6.07) is 0. The van der Waals surface area contributed by atoms with Gasteiger partial charge in [0.25, 0.3) is 0 Å². The maximum absolute atomic E-state index is 2.98. The lowest BCUT2D eigenvalue weighted by Gasteiger charge is -1.79. The zero-order valence-corrected chi connectivity index (χ0v) is 5.73. The van der Waals surface area contributed by atoms with E-state index in [9.17, 15) is 0 Å². The van der Waals surface area contributed by atoms with Crippen molar-refractivity contribution in [2.24, 2.45) is 0 Å². The molecule has 44 valence electrons. The first-order chi connectivity index (χ1) is 3.81. The van der Waals surface area contributed by atoms with E-state index < -0.39 is 0 Å². The lowest BCUT2D eigenvalue weighted by atomic mass is 10.3. The summed E-state index contributed by atoms with van der Waals surface area (Å²) in [5, 5.41) is 0. The van der Waals surface area contributed by atoms with Gasteiger partial charge in [-0.2, -0.15) is 0 Å². The molecule has 0 N–H and O–H groups in total. The summed E-state index contributed by atoms with van der Waals surface area (Å²) in [7, 11) is 0. The summed E-state index contributed by atoms with van der Waals surface area (Å²) in [4.78, 5) is 0. The highest BCUT2D eigenvalue weighted by Crippen LogP contribution is 1.90. The maximum Gasteiger partial charge on any atom is -0.0177 e. The van der Waals surface area contributed by atoms with Crippen molar-refractivity contribution < 1.29 is 0 Å². The van der Waals surface area contributed by atoms with Gasteiger partial charge in [0.1, 0.15) is 0 Å². The van der Waals surface area contributed by atoms with Crippen LogP contribution in [-0.2, 0) is 0 Å². The highest BCUT2D eigenvalue weighted by molar-refractivity contribution is 5.13. The lowest BCUT2D eigenvalue weighted by molar-refractivity contribution is 1.48. The van der Waals surface area contributed by atoms with Crippen LogP contribution in [0.3, 0.4) is 0 Å². The average molecular weight is 108 g/mol. The lowest BCUT2D eigenvalue weighted by Crippen LogP contribution is -1.59.